The van der Waals surface area contributed by atoms with Gasteiger partial charge in [0, 0.05) is 12.7 Å². The molecule has 108 valence electrons. The molecule has 0 spiro atoms. The number of rotatable bonds is 5. The van der Waals surface area contributed by atoms with E-state index in [0.717, 1.165) is 19.3 Å². The zero-order valence-corrected chi connectivity index (χ0v) is 11.7. The Balaban J connectivity index is 1.81. The lowest BCUT2D eigenvalue weighted by Crippen LogP contribution is -2.29. The van der Waals surface area contributed by atoms with Crippen molar-refractivity contribution >= 4 is 11.8 Å². The van der Waals surface area contributed by atoms with Crippen molar-refractivity contribution in [3.8, 4) is 0 Å². The normalized spacial score (nSPS) is 22.2. The maximum absolute atomic E-state index is 12.0. The van der Waals surface area contributed by atoms with Gasteiger partial charge in [0.25, 0.3) is 0 Å². The van der Waals surface area contributed by atoms with E-state index in [1.54, 1.807) is 31.4 Å². The number of ether oxygens (including phenoxy) is 2. The summed E-state index contributed by atoms with van der Waals surface area (Å²) < 4.78 is 10.4. The van der Waals surface area contributed by atoms with E-state index in [0.29, 0.717) is 12.0 Å². The third-order valence-corrected chi connectivity index (χ3v) is 3.73. The topological polar surface area (TPSA) is 52.6 Å². The Kier molecular flexibility index (Phi) is 5.30. The maximum atomic E-state index is 12.0. The molecular formula is C16H20O4. The summed E-state index contributed by atoms with van der Waals surface area (Å²) in [6.07, 6.45) is 3.59. The summed E-state index contributed by atoms with van der Waals surface area (Å²) >= 11 is 0. The number of carbonyl (C=O) groups is 2. The number of esters is 1. The number of ketones is 1. The van der Waals surface area contributed by atoms with Crippen LogP contribution in [0.5, 0.6) is 0 Å². The average Bonchev–Trinajstić information content (AvgIpc) is 2.53. The van der Waals surface area contributed by atoms with Gasteiger partial charge in [0.05, 0.1) is 12.0 Å². The van der Waals surface area contributed by atoms with Gasteiger partial charge in [-0.1, -0.05) is 36.8 Å². The van der Waals surface area contributed by atoms with Crippen LogP contribution in [0.2, 0.25) is 0 Å². The molecule has 2 unspecified atom stereocenters. The zero-order valence-electron chi connectivity index (χ0n) is 11.7. The molecule has 0 N–H and O–H groups in total. The summed E-state index contributed by atoms with van der Waals surface area (Å²) in [6, 6.07) is 8.86. The molecule has 0 radical (unpaired) electrons. The summed E-state index contributed by atoms with van der Waals surface area (Å²) in [4.78, 5) is 23.8. The number of hydrogen-bond acceptors (Lipinski definition) is 4. The number of benzene rings is 1. The number of methoxy groups -OCH3 is 1. The monoisotopic (exact) mass is 276 g/mol. The average molecular weight is 276 g/mol. The summed E-state index contributed by atoms with van der Waals surface area (Å²) in [5.41, 5.74) is 0.568. The van der Waals surface area contributed by atoms with Gasteiger partial charge in [-0.3, -0.25) is 9.59 Å². The Morgan fingerprint density at radius 1 is 1.20 bits per heavy atom. The lowest BCUT2D eigenvalue weighted by atomic mass is 9.87. The van der Waals surface area contributed by atoms with E-state index >= 15 is 0 Å². The zero-order chi connectivity index (χ0) is 14.4. The van der Waals surface area contributed by atoms with Crippen LogP contribution in [-0.4, -0.2) is 31.6 Å². The highest BCUT2D eigenvalue weighted by atomic mass is 16.5. The van der Waals surface area contributed by atoms with Crippen molar-refractivity contribution < 1.29 is 19.1 Å². The fourth-order valence-corrected chi connectivity index (χ4v) is 2.54. The molecule has 1 saturated carbocycles. The minimum Gasteiger partial charge on any atom is -0.457 e. The SMILES string of the molecule is COC1CCCC(C(=O)OCC(=O)c2ccccc2)C1. The van der Waals surface area contributed by atoms with E-state index in [9.17, 15) is 9.59 Å². The van der Waals surface area contributed by atoms with Gasteiger partial charge in [-0.2, -0.15) is 0 Å². The second-order valence-corrected chi connectivity index (χ2v) is 5.12. The van der Waals surface area contributed by atoms with Crippen LogP contribution in [0, 0.1) is 5.92 Å². The maximum Gasteiger partial charge on any atom is 0.309 e. The molecule has 0 saturated heterocycles. The first kappa shape index (κ1) is 14.7. The molecule has 1 aromatic carbocycles. The Hall–Kier alpha value is -1.68. The van der Waals surface area contributed by atoms with Crippen molar-refractivity contribution in [2.75, 3.05) is 13.7 Å². The van der Waals surface area contributed by atoms with E-state index in [1.807, 2.05) is 6.07 Å². The molecule has 0 aliphatic heterocycles. The van der Waals surface area contributed by atoms with Crippen molar-refractivity contribution in [1.82, 2.24) is 0 Å². The number of carbonyl (C=O) groups excluding carboxylic acids is 2. The van der Waals surface area contributed by atoms with Crippen LogP contribution in [0.4, 0.5) is 0 Å². The molecule has 4 nitrogen and oxygen atoms in total. The van der Waals surface area contributed by atoms with Crippen LogP contribution >= 0.6 is 0 Å². The lowest BCUT2D eigenvalue weighted by molar-refractivity contribution is -0.150. The standard InChI is InChI=1S/C16H20O4/c1-19-14-9-5-8-13(10-14)16(18)20-11-15(17)12-6-3-2-4-7-12/h2-4,6-7,13-14H,5,8-11H2,1H3. The molecule has 1 fully saturated rings. The van der Waals surface area contributed by atoms with E-state index in [-0.39, 0.29) is 30.4 Å². The van der Waals surface area contributed by atoms with Gasteiger partial charge >= 0.3 is 5.97 Å². The van der Waals surface area contributed by atoms with Crippen molar-refractivity contribution in [2.45, 2.75) is 31.8 Å². The predicted molar refractivity (Wildman–Crippen MR) is 74.5 cm³/mol. The van der Waals surface area contributed by atoms with Crippen LogP contribution in [0.25, 0.3) is 0 Å². The molecule has 0 bridgehead atoms. The molecule has 1 aliphatic carbocycles. The molecule has 0 amide bonds. The van der Waals surface area contributed by atoms with Gasteiger partial charge in [-0.05, 0) is 19.3 Å². The predicted octanol–water partition coefficient (Wildman–Crippen LogP) is 2.62. The van der Waals surface area contributed by atoms with Gasteiger partial charge in [-0.15, -0.1) is 0 Å². The Bertz CT molecular complexity index is 455. The van der Waals surface area contributed by atoms with Crippen LogP contribution in [0.1, 0.15) is 36.0 Å². The summed E-state index contributed by atoms with van der Waals surface area (Å²) in [6.45, 7) is -0.184. The highest BCUT2D eigenvalue weighted by Crippen LogP contribution is 2.26. The third kappa shape index (κ3) is 3.90. The van der Waals surface area contributed by atoms with E-state index in [4.69, 9.17) is 9.47 Å². The van der Waals surface area contributed by atoms with Crippen molar-refractivity contribution in [3.63, 3.8) is 0 Å². The highest BCUT2D eigenvalue weighted by molar-refractivity contribution is 5.97. The van der Waals surface area contributed by atoms with Gasteiger partial charge in [-0.25, -0.2) is 0 Å². The smallest absolute Gasteiger partial charge is 0.309 e. The molecule has 1 aromatic rings. The van der Waals surface area contributed by atoms with Crippen LogP contribution < -0.4 is 0 Å². The Labute approximate surface area is 119 Å². The second kappa shape index (κ2) is 7.20. The van der Waals surface area contributed by atoms with Crippen LogP contribution in [0.15, 0.2) is 30.3 Å². The molecule has 20 heavy (non-hydrogen) atoms. The first-order chi connectivity index (χ1) is 9.70. The lowest BCUT2D eigenvalue weighted by Gasteiger charge is -2.26. The van der Waals surface area contributed by atoms with E-state index in [1.165, 1.54) is 0 Å². The van der Waals surface area contributed by atoms with Gasteiger partial charge < -0.3 is 9.47 Å². The van der Waals surface area contributed by atoms with Gasteiger partial charge in [0.15, 0.2) is 12.4 Å². The molecule has 1 aliphatic rings. The highest BCUT2D eigenvalue weighted by Gasteiger charge is 2.28. The van der Waals surface area contributed by atoms with Crippen molar-refractivity contribution in [3.05, 3.63) is 35.9 Å². The number of hydrogen-bond donors (Lipinski definition) is 0. The number of Topliss-reactive ketones (excluding diaryl/α,β-unsaturated/α-hetero) is 1. The fraction of sp³-hybridized carbons (Fsp3) is 0.500. The van der Waals surface area contributed by atoms with Gasteiger partial charge in [0.2, 0.25) is 0 Å². The fourth-order valence-electron chi connectivity index (χ4n) is 2.54. The first-order valence-electron chi connectivity index (χ1n) is 6.98. The first-order valence-corrected chi connectivity index (χ1v) is 6.98. The summed E-state index contributed by atoms with van der Waals surface area (Å²) in [5, 5.41) is 0. The van der Waals surface area contributed by atoms with Crippen LogP contribution in [-0.2, 0) is 14.3 Å². The van der Waals surface area contributed by atoms with Crippen molar-refractivity contribution in [2.24, 2.45) is 5.92 Å². The third-order valence-electron chi connectivity index (χ3n) is 3.73. The quantitative estimate of drug-likeness (QED) is 0.613. The molecule has 0 heterocycles. The van der Waals surface area contributed by atoms with E-state index in [2.05, 4.69) is 0 Å². The Morgan fingerprint density at radius 3 is 2.65 bits per heavy atom. The molecule has 0 aromatic heterocycles. The Morgan fingerprint density at radius 2 is 1.95 bits per heavy atom. The van der Waals surface area contributed by atoms with Crippen molar-refractivity contribution in [1.29, 1.82) is 0 Å². The molecule has 4 heteroatoms. The largest absolute Gasteiger partial charge is 0.457 e. The second-order valence-electron chi connectivity index (χ2n) is 5.12. The van der Waals surface area contributed by atoms with Gasteiger partial charge in [0.1, 0.15) is 0 Å². The molecule has 2 rings (SSSR count). The summed E-state index contributed by atoms with van der Waals surface area (Å²) in [7, 11) is 1.66. The van der Waals surface area contributed by atoms with Crippen LogP contribution in [0.3, 0.4) is 0 Å². The minimum absolute atomic E-state index is 0.131. The van der Waals surface area contributed by atoms with E-state index < -0.39 is 0 Å². The molecule has 2 atom stereocenters. The summed E-state index contributed by atoms with van der Waals surface area (Å²) in [5.74, 6) is -0.591. The molecular weight excluding hydrogens is 256 g/mol. The minimum atomic E-state index is -0.281.